The van der Waals surface area contributed by atoms with E-state index in [0.717, 1.165) is 5.56 Å². The fourth-order valence-corrected chi connectivity index (χ4v) is 2.17. The van der Waals surface area contributed by atoms with E-state index >= 15 is 0 Å². The van der Waals surface area contributed by atoms with Crippen LogP contribution in [0.15, 0.2) is 18.2 Å². The van der Waals surface area contributed by atoms with Crippen molar-refractivity contribution in [2.45, 2.75) is 26.5 Å². The zero-order valence-corrected chi connectivity index (χ0v) is 10.2. The van der Waals surface area contributed by atoms with Crippen LogP contribution >= 0.6 is 0 Å². The average Bonchev–Trinajstić information content (AvgIpc) is 2.57. The highest BCUT2D eigenvalue weighted by Gasteiger charge is 2.25. The van der Waals surface area contributed by atoms with E-state index < -0.39 is 0 Å². The Bertz CT molecular complexity index is 433. The third-order valence-corrected chi connectivity index (χ3v) is 2.93. The molecule has 1 atom stereocenters. The Morgan fingerprint density at radius 2 is 2.29 bits per heavy atom. The van der Waals surface area contributed by atoms with Crippen LogP contribution in [0.4, 0.5) is 4.39 Å². The second-order valence-electron chi connectivity index (χ2n) is 4.30. The van der Waals surface area contributed by atoms with E-state index in [2.05, 4.69) is 0 Å². The number of nitrogens with zero attached hydrogens (tertiary/aromatic N) is 1. The summed E-state index contributed by atoms with van der Waals surface area (Å²) in [5.74, 6) is 0.110. The molecule has 1 aliphatic heterocycles. The molecule has 0 radical (unpaired) electrons. The molecular formula is C13H17FN2O. The SMILES string of the molecule is CCOC(C)CN1Cc2ccc(F)cc2C1=N. The van der Waals surface area contributed by atoms with Crippen LogP contribution in [0.2, 0.25) is 0 Å². The molecule has 0 saturated heterocycles. The van der Waals surface area contributed by atoms with Gasteiger partial charge in [0.25, 0.3) is 0 Å². The van der Waals surface area contributed by atoms with E-state index in [4.69, 9.17) is 10.1 Å². The molecule has 1 aliphatic rings. The summed E-state index contributed by atoms with van der Waals surface area (Å²) >= 11 is 0. The molecule has 17 heavy (non-hydrogen) atoms. The molecule has 92 valence electrons. The van der Waals surface area contributed by atoms with Gasteiger partial charge in [0.15, 0.2) is 0 Å². The molecule has 1 heterocycles. The Kier molecular flexibility index (Phi) is 3.43. The van der Waals surface area contributed by atoms with E-state index in [9.17, 15) is 4.39 Å². The molecule has 0 aliphatic carbocycles. The lowest BCUT2D eigenvalue weighted by molar-refractivity contribution is 0.0600. The van der Waals surface area contributed by atoms with E-state index in [0.29, 0.717) is 31.1 Å². The number of ether oxygens (including phenoxy) is 1. The zero-order chi connectivity index (χ0) is 12.4. The first-order valence-corrected chi connectivity index (χ1v) is 5.85. The van der Waals surface area contributed by atoms with Gasteiger partial charge in [-0.25, -0.2) is 4.39 Å². The minimum absolute atomic E-state index is 0.0829. The van der Waals surface area contributed by atoms with Gasteiger partial charge in [-0.1, -0.05) is 6.07 Å². The van der Waals surface area contributed by atoms with Crippen molar-refractivity contribution in [2.24, 2.45) is 0 Å². The lowest BCUT2D eigenvalue weighted by atomic mass is 10.1. The molecule has 1 N–H and O–H groups in total. The lowest BCUT2D eigenvalue weighted by Crippen LogP contribution is -2.32. The molecule has 3 nitrogen and oxygen atoms in total. The summed E-state index contributed by atoms with van der Waals surface area (Å²) in [6.45, 7) is 5.95. The van der Waals surface area contributed by atoms with Gasteiger partial charge in [0.2, 0.25) is 0 Å². The van der Waals surface area contributed by atoms with Gasteiger partial charge in [-0.05, 0) is 31.5 Å². The lowest BCUT2D eigenvalue weighted by Gasteiger charge is -2.22. The Hall–Kier alpha value is -1.42. The third kappa shape index (κ3) is 2.47. The van der Waals surface area contributed by atoms with E-state index in [1.165, 1.54) is 12.1 Å². The number of halogens is 1. The molecule has 1 unspecified atom stereocenters. The van der Waals surface area contributed by atoms with Gasteiger partial charge in [-0.3, -0.25) is 5.41 Å². The molecule has 1 aromatic carbocycles. The van der Waals surface area contributed by atoms with Crippen molar-refractivity contribution in [1.29, 1.82) is 5.41 Å². The number of hydrogen-bond acceptors (Lipinski definition) is 2. The first kappa shape index (κ1) is 12.0. The van der Waals surface area contributed by atoms with Gasteiger partial charge >= 0.3 is 0 Å². The summed E-state index contributed by atoms with van der Waals surface area (Å²) in [5.41, 5.74) is 1.72. The second kappa shape index (κ2) is 4.84. The average molecular weight is 236 g/mol. The fraction of sp³-hybridized carbons (Fsp3) is 0.462. The number of nitrogens with one attached hydrogen (secondary N) is 1. The maximum absolute atomic E-state index is 13.1. The first-order chi connectivity index (χ1) is 8.11. The van der Waals surface area contributed by atoms with Crippen LogP contribution in [0.3, 0.4) is 0 Å². The van der Waals surface area contributed by atoms with Crippen molar-refractivity contribution in [3.05, 3.63) is 35.1 Å². The van der Waals surface area contributed by atoms with Crippen molar-refractivity contribution in [1.82, 2.24) is 4.90 Å². The summed E-state index contributed by atoms with van der Waals surface area (Å²) in [6, 6.07) is 4.63. The molecule has 4 heteroatoms. The van der Waals surface area contributed by atoms with Gasteiger partial charge < -0.3 is 9.64 Å². The Labute approximate surface area is 101 Å². The molecular weight excluding hydrogens is 219 g/mol. The van der Waals surface area contributed by atoms with Crippen LogP contribution in [-0.4, -0.2) is 30.0 Å². The highest BCUT2D eigenvalue weighted by molar-refractivity contribution is 6.00. The molecule has 0 spiro atoms. The van der Waals surface area contributed by atoms with Crippen molar-refractivity contribution in [2.75, 3.05) is 13.2 Å². The smallest absolute Gasteiger partial charge is 0.128 e. The normalized spacial score (nSPS) is 16.2. The van der Waals surface area contributed by atoms with Gasteiger partial charge in [0, 0.05) is 25.3 Å². The highest BCUT2D eigenvalue weighted by Crippen LogP contribution is 2.23. The molecule has 0 amide bonds. The van der Waals surface area contributed by atoms with Crippen LogP contribution in [0, 0.1) is 11.2 Å². The standard InChI is InChI=1S/C13H17FN2O/c1-3-17-9(2)7-16-8-10-4-5-11(14)6-12(10)13(16)15/h4-6,9,15H,3,7-8H2,1-2H3. The molecule has 0 fully saturated rings. The van der Waals surface area contributed by atoms with Crippen LogP contribution in [-0.2, 0) is 11.3 Å². The minimum Gasteiger partial charge on any atom is -0.377 e. The third-order valence-electron chi connectivity index (χ3n) is 2.93. The molecule has 0 bridgehead atoms. The Morgan fingerprint density at radius 1 is 1.53 bits per heavy atom. The molecule has 1 aromatic rings. The van der Waals surface area contributed by atoms with Gasteiger partial charge in [-0.2, -0.15) is 0 Å². The monoisotopic (exact) mass is 236 g/mol. The largest absolute Gasteiger partial charge is 0.377 e. The van der Waals surface area contributed by atoms with Gasteiger partial charge in [-0.15, -0.1) is 0 Å². The molecule has 0 saturated carbocycles. The maximum atomic E-state index is 13.1. The second-order valence-corrected chi connectivity index (χ2v) is 4.30. The summed E-state index contributed by atoms with van der Waals surface area (Å²) in [6.07, 6.45) is 0.0829. The number of rotatable bonds is 4. The topological polar surface area (TPSA) is 36.3 Å². The number of benzene rings is 1. The van der Waals surface area contributed by atoms with E-state index in [1.807, 2.05) is 18.7 Å². The predicted molar refractivity (Wildman–Crippen MR) is 64.7 cm³/mol. The molecule has 2 rings (SSSR count). The van der Waals surface area contributed by atoms with E-state index in [1.54, 1.807) is 6.07 Å². The Balaban J connectivity index is 2.09. The zero-order valence-electron chi connectivity index (χ0n) is 10.2. The van der Waals surface area contributed by atoms with Crippen molar-refractivity contribution in [3.8, 4) is 0 Å². The first-order valence-electron chi connectivity index (χ1n) is 5.85. The highest BCUT2D eigenvalue weighted by atomic mass is 19.1. The van der Waals surface area contributed by atoms with Gasteiger partial charge in [0.05, 0.1) is 6.10 Å². The number of fused-ring (bicyclic) bond motifs is 1. The van der Waals surface area contributed by atoms with Crippen molar-refractivity contribution >= 4 is 5.84 Å². The quantitative estimate of drug-likeness (QED) is 0.871. The van der Waals surface area contributed by atoms with Crippen LogP contribution in [0.25, 0.3) is 0 Å². The van der Waals surface area contributed by atoms with E-state index in [-0.39, 0.29) is 11.9 Å². The Morgan fingerprint density at radius 3 is 3.00 bits per heavy atom. The summed E-state index contributed by atoms with van der Waals surface area (Å²) < 4.78 is 18.6. The minimum atomic E-state index is -0.284. The summed E-state index contributed by atoms with van der Waals surface area (Å²) in [7, 11) is 0. The summed E-state index contributed by atoms with van der Waals surface area (Å²) in [4.78, 5) is 1.92. The van der Waals surface area contributed by atoms with Crippen LogP contribution in [0.1, 0.15) is 25.0 Å². The maximum Gasteiger partial charge on any atom is 0.128 e. The predicted octanol–water partition coefficient (Wildman–Crippen LogP) is 2.39. The number of hydrogen-bond donors (Lipinski definition) is 1. The van der Waals surface area contributed by atoms with Crippen molar-refractivity contribution in [3.63, 3.8) is 0 Å². The number of amidine groups is 1. The summed E-state index contributed by atoms with van der Waals surface area (Å²) in [5, 5.41) is 8.01. The van der Waals surface area contributed by atoms with Gasteiger partial charge in [0.1, 0.15) is 11.7 Å². The fourth-order valence-electron chi connectivity index (χ4n) is 2.17. The van der Waals surface area contributed by atoms with Crippen LogP contribution < -0.4 is 0 Å². The van der Waals surface area contributed by atoms with Crippen molar-refractivity contribution < 1.29 is 9.13 Å². The van der Waals surface area contributed by atoms with Crippen LogP contribution in [0.5, 0.6) is 0 Å². The molecule has 0 aromatic heterocycles.